The van der Waals surface area contributed by atoms with Crippen LogP contribution in [0.5, 0.6) is 28.7 Å². The van der Waals surface area contributed by atoms with Crippen LogP contribution in [-0.4, -0.2) is 192 Å². The van der Waals surface area contributed by atoms with Crippen LogP contribution in [0.15, 0.2) is 147 Å². The minimum absolute atomic E-state index is 0.000617. The number of nitrogens with one attached hydrogen (secondary N) is 8. The summed E-state index contributed by atoms with van der Waals surface area (Å²) in [6.45, 7) is 10.9. The van der Waals surface area contributed by atoms with E-state index in [1.54, 1.807) is 42.5 Å². The van der Waals surface area contributed by atoms with Crippen LogP contribution in [-0.2, 0) is 12.8 Å². The molecule has 0 fully saturated rings. The van der Waals surface area contributed by atoms with Gasteiger partial charge < -0.3 is 25.2 Å². The lowest BCUT2D eigenvalue weighted by Crippen LogP contribution is -1.90. The maximum atomic E-state index is 9.23. The molecule has 7 aromatic carbocycles. The molecule has 0 atom stereocenters. The zero-order valence-corrected chi connectivity index (χ0v) is 63.1. The SMILES string of the molecule is CCCCc1nn[nH]n1.CCCc1nn[nH]n1.CCOc1ccc(-c2nn[nH]n2)cc1.Cc1cc(-c2nn[nH]n2)ccc1Br.Cc1cc(Br)ccc1-c1nn[nH]n1.N#Cc1ccc(O)c(Cl)c1.Oc1ccc(-c2nn[nH]n2)cc1Br.Oc1ccc(-c2nn[nH]n2)cc1Cl.Oc1ccc(-c2nn[nH]n2)cc1Cl. The number of aromatic amines is 8. The molecule has 15 rings (SSSR count). The van der Waals surface area contributed by atoms with Gasteiger partial charge in [-0.2, -0.15) is 47.0 Å². The van der Waals surface area contributed by atoms with E-state index in [0.29, 0.717) is 62.7 Å². The summed E-state index contributed by atoms with van der Waals surface area (Å²) < 4.78 is 8.06. The molecule has 8 aromatic heterocycles. The molecule has 106 heavy (non-hydrogen) atoms. The predicted molar refractivity (Wildman–Crippen MR) is 395 cm³/mol. The number of hydrogen-bond donors (Lipinski definition) is 12. The van der Waals surface area contributed by atoms with Crippen molar-refractivity contribution in [3.05, 3.63) is 190 Å². The molecular formula is C62H61Br3Cl3N33O5. The summed E-state index contributed by atoms with van der Waals surface area (Å²) in [6, 6.07) is 40.1. The zero-order chi connectivity index (χ0) is 76.0. The van der Waals surface area contributed by atoms with Crippen LogP contribution in [0, 0.1) is 25.2 Å². The lowest BCUT2D eigenvalue weighted by atomic mass is 10.1. The summed E-state index contributed by atoms with van der Waals surface area (Å²) in [4.78, 5) is 0. The van der Waals surface area contributed by atoms with Crippen molar-refractivity contribution < 1.29 is 25.2 Å². The third kappa shape index (κ3) is 26.9. The molecule has 0 spiro atoms. The standard InChI is InChI=1S/C9H10N4O.2C8H7BrN4.C7H5BrN4O.2C7H5ClN4O.C7H4ClNO.C5H10N4.C4H8N4/c1-2-14-8-5-3-7(4-6-8)9-10-12-13-11-9;1-5-4-6(9)2-3-7(5)8-10-12-13-11-8;1-5-4-6(2-3-7(5)9)8-10-12-13-11-8;3*8-5-3-4(1-2-6(5)13)7-9-11-12-10-7;8-6-3-5(4-9)1-2-7(6)10;1-2-3-4-5-6-8-9-7-5;1-2-3-4-5-7-8-6-4/h3-6H,2H2,1H3,(H,10,11,12,13);2*2-4H,1H3,(H,10,11,12,13);3*1-3,13H,(H,9,10,11,12);1-3,10H;2-4H2,1H3,(H,6,7,8,9);2-3H2,1H3,(H,5,6,7,8). The van der Waals surface area contributed by atoms with Crippen molar-refractivity contribution in [1.29, 1.82) is 5.26 Å². The van der Waals surface area contributed by atoms with E-state index in [2.05, 4.69) is 227 Å². The molecule has 12 N–H and O–H groups in total. The van der Waals surface area contributed by atoms with Gasteiger partial charge in [0.15, 0.2) is 11.6 Å². The number of phenols is 4. The number of ether oxygens (including phenoxy) is 1. The number of nitriles is 1. The van der Waals surface area contributed by atoms with Crippen LogP contribution in [0.1, 0.15) is 68.4 Å². The Labute approximate surface area is 640 Å². The second-order valence-electron chi connectivity index (χ2n) is 20.6. The average Bonchev–Trinajstić information content (AvgIpc) is 1.68. The normalized spacial score (nSPS) is 10.0. The third-order valence-electron chi connectivity index (χ3n) is 13.0. The second kappa shape index (κ2) is 43.8. The smallest absolute Gasteiger partial charge is 0.204 e. The van der Waals surface area contributed by atoms with Crippen molar-refractivity contribution in [2.75, 3.05) is 6.61 Å². The highest BCUT2D eigenvalue weighted by Crippen LogP contribution is 2.31. The molecule has 0 saturated heterocycles. The summed E-state index contributed by atoms with van der Waals surface area (Å²) in [5.41, 5.74) is 7.81. The highest BCUT2D eigenvalue weighted by molar-refractivity contribution is 9.11. The van der Waals surface area contributed by atoms with Crippen LogP contribution in [0.25, 0.3) is 68.3 Å². The maximum Gasteiger partial charge on any atom is 0.204 e. The Balaban J connectivity index is 0.000000167. The molecule has 15 aromatic rings. The fourth-order valence-corrected chi connectivity index (χ4v) is 9.52. The van der Waals surface area contributed by atoms with E-state index in [-0.39, 0.29) is 38.1 Å². The van der Waals surface area contributed by atoms with Crippen LogP contribution in [0.4, 0.5) is 0 Å². The maximum absolute atomic E-state index is 9.23. The fraction of sp³-hybridized carbons (Fsp3) is 0.177. The Morgan fingerprint density at radius 2 is 0.783 bits per heavy atom. The second-order valence-corrected chi connectivity index (χ2v) is 24.4. The van der Waals surface area contributed by atoms with Crippen LogP contribution in [0.3, 0.4) is 0 Å². The van der Waals surface area contributed by atoms with Gasteiger partial charge in [0, 0.05) is 55.2 Å². The molecule has 0 saturated carbocycles. The number of unbranched alkanes of at least 4 members (excludes halogenated alkanes) is 1. The topological polar surface area (TPSA) is 550 Å². The highest BCUT2D eigenvalue weighted by atomic mass is 79.9. The zero-order valence-electron chi connectivity index (χ0n) is 56.1. The summed E-state index contributed by atoms with van der Waals surface area (Å²) in [6.07, 6.45) is 5.23. The van der Waals surface area contributed by atoms with Crippen molar-refractivity contribution in [1.82, 2.24) is 165 Å². The predicted octanol–water partition coefficient (Wildman–Crippen LogP) is 11.5. The lowest BCUT2D eigenvalue weighted by molar-refractivity contribution is 0.340. The number of aryl methyl sites for hydroxylation is 4. The number of benzene rings is 7. The molecule has 0 amide bonds. The van der Waals surface area contributed by atoms with E-state index in [0.717, 1.165) is 85.4 Å². The van der Waals surface area contributed by atoms with Gasteiger partial charge in [-0.15, -0.1) is 81.6 Å². The van der Waals surface area contributed by atoms with Gasteiger partial charge in [-0.05, 0) is 225 Å². The first-order valence-corrected chi connectivity index (χ1v) is 34.3. The van der Waals surface area contributed by atoms with Gasteiger partial charge in [0.1, 0.15) is 28.7 Å². The van der Waals surface area contributed by atoms with Gasteiger partial charge in [-0.1, -0.05) is 97.4 Å². The number of nitrogens with zero attached hydrogens (tertiary/aromatic N) is 25. The Kier molecular flexibility index (Phi) is 33.5. The monoisotopic (exact) mass is 1690 g/mol. The Hall–Kier alpha value is -12.1. The average molecular weight is 1690 g/mol. The number of H-pyrrole nitrogens is 8. The van der Waals surface area contributed by atoms with Crippen LogP contribution in [0.2, 0.25) is 15.1 Å². The van der Waals surface area contributed by atoms with E-state index < -0.39 is 0 Å². The number of aromatic hydroxyl groups is 4. The Bertz CT molecular complexity index is 4650. The summed E-state index contributed by atoms with van der Waals surface area (Å²) in [7, 11) is 0. The summed E-state index contributed by atoms with van der Waals surface area (Å²) in [5.74, 6) is 5.96. The Morgan fingerprint density at radius 1 is 0.387 bits per heavy atom. The first kappa shape index (κ1) is 81.2. The molecule has 8 heterocycles. The van der Waals surface area contributed by atoms with Gasteiger partial charge in [0.25, 0.3) is 0 Å². The quantitative estimate of drug-likeness (QED) is 0.0510. The van der Waals surface area contributed by atoms with E-state index in [1.807, 2.05) is 87.5 Å². The van der Waals surface area contributed by atoms with E-state index in [1.165, 1.54) is 36.8 Å². The third-order valence-corrected chi connectivity index (χ3v) is 16.0. The van der Waals surface area contributed by atoms with Gasteiger partial charge in [0.2, 0.25) is 34.9 Å². The van der Waals surface area contributed by atoms with Crippen molar-refractivity contribution in [3.8, 4) is 103 Å². The van der Waals surface area contributed by atoms with Gasteiger partial charge in [0.05, 0.1) is 37.8 Å². The van der Waals surface area contributed by atoms with Crippen molar-refractivity contribution in [3.63, 3.8) is 0 Å². The van der Waals surface area contributed by atoms with Crippen molar-refractivity contribution >= 4 is 82.6 Å². The van der Waals surface area contributed by atoms with Gasteiger partial charge in [-0.3, -0.25) is 0 Å². The van der Waals surface area contributed by atoms with E-state index in [9.17, 15) is 5.11 Å². The van der Waals surface area contributed by atoms with Crippen molar-refractivity contribution in [2.45, 2.75) is 66.7 Å². The number of aromatic nitrogens is 32. The molecule has 0 bridgehead atoms. The Morgan fingerprint density at radius 3 is 1.17 bits per heavy atom. The molecule has 546 valence electrons. The van der Waals surface area contributed by atoms with E-state index in [4.69, 9.17) is 60.1 Å². The molecule has 38 nitrogen and oxygen atoms in total. The lowest BCUT2D eigenvalue weighted by Gasteiger charge is -2.02. The van der Waals surface area contributed by atoms with Crippen molar-refractivity contribution in [2.24, 2.45) is 0 Å². The molecule has 44 heteroatoms. The van der Waals surface area contributed by atoms with Gasteiger partial charge in [-0.25, -0.2) is 0 Å². The molecule has 0 unspecified atom stereocenters. The summed E-state index contributed by atoms with van der Waals surface area (Å²) in [5, 5.41) is 153. The van der Waals surface area contributed by atoms with E-state index >= 15 is 0 Å². The highest BCUT2D eigenvalue weighted by Gasteiger charge is 2.11. The fourth-order valence-electron chi connectivity index (χ4n) is 7.87. The largest absolute Gasteiger partial charge is 0.507 e. The van der Waals surface area contributed by atoms with Gasteiger partial charge >= 0.3 is 0 Å². The number of hydrogen-bond acceptors (Lipinski definition) is 30. The molecule has 0 aliphatic carbocycles. The minimum atomic E-state index is 0.000617. The number of phenolic OH excluding ortho intramolecular Hbond substituents is 4. The number of tetrazole rings is 8. The minimum Gasteiger partial charge on any atom is -0.507 e. The first-order chi connectivity index (χ1) is 51.4. The molecule has 0 aliphatic rings. The molecule has 0 aliphatic heterocycles. The number of halogens is 6. The first-order valence-electron chi connectivity index (χ1n) is 30.8. The van der Waals surface area contributed by atoms with Crippen LogP contribution >= 0.6 is 82.6 Å². The summed E-state index contributed by atoms with van der Waals surface area (Å²) >= 11 is 26.9. The number of rotatable bonds is 13. The van der Waals surface area contributed by atoms with Crippen LogP contribution < -0.4 is 4.74 Å². The molecule has 0 radical (unpaired) electrons. The molecular weight excluding hydrogens is 1630 g/mol.